The zero-order chi connectivity index (χ0) is 21.3. The highest BCUT2D eigenvalue weighted by molar-refractivity contribution is 8.04. The molecular weight excluding hydrogens is 439 g/mol. The molecule has 1 aliphatic heterocycles. The Morgan fingerprint density at radius 1 is 0.833 bits per heavy atom. The van der Waals surface area contributed by atoms with Gasteiger partial charge in [-0.15, -0.1) is 0 Å². The van der Waals surface area contributed by atoms with Crippen molar-refractivity contribution < 1.29 is 9.59 Å². The van der Waals surface area contributed by atoms with E-state index in [1.807, 2.05) is 60.7 Å². The van der Waals surface area contributed by atoms with Crippen LogP contribution in [-0.2, 0) is 9.59 Å². The maximum absolute atomic E-state index is 13.5. The summed E-state index contributed by atoms with van der Waals surface area (Å²) in [4.78, 5) is 30.9. The SMILES string of the molecule is CN(C1=C(Sc2ccccc2)C(=O)N(c2ccc(Cl)cc2Cl)C1=O)c1ccccc1. The number of hydrogen-bond donors (Lipinski definition) is 0. The van der Waals surface area contributed by atoms with Crippen molar-refractivity contribution in [3.05, 3.63) is 99.5 Å². The first-order chi connectivity index (χ1) is 14.5. The zero-order valence-corrected chi connectivity index (χ0v) is 18.2. The van der Waals surface area contributed by atoms with E-state index >= 15 is 0 Å². The summed E-state index contributed by atoms with van der Waals surface area (Å²) in [6, 6.07) is 23.6. The van der Waals surface area contributed by atoms with Crippen LogP contribution in [0.15, 0.2) is 94.4 Å². The van der Waals surface area contributed by atoms with Crippen LogP contribution in [0.4, 0.5) is 11.4 Å². The summed E-state index contributed by atoms with van der Waals surface area (Å²) in [5.41, 5.74) is 1.40. The molecule has 0 atom stereocenters. The molecule has 1 aliphatic rings. The smallest absolute Gasteiger partial charge is 0.283 e. The maximum atomic E-state index is 13.5. The van der Waals surface area contributed by atoms with Gasteiger partial charge in [0, 0.05) is 22.7 Å². The summed E-state index contributed by atoms with van der Waals surface area (Å²) >= 11 is 13.6. The second-order valence-corrected chi connectivity index (χ2v) is 8.46. The van der Waals surface area contributed by atoms with Gasteiger partial charge in [0.2, 0.25) is 0 Å². The van der Waals surface area contributed by atoms with Crippen LogP contribution in [0.2, 0.25) is 10.0 Å². The molecular formula is C23H16Cl2N2O2S. The molecule has 0 saturated heterocycles. The average Bonchev–Trinajstić information content (AvgIpc) is 2.99. The molecule has 7 heteroatoms. The molecule has 1 heterocycles. The fourth-order valence-electron chi connectivity index (χ4n) is 3.15. The van der Waals surface area contributed by atoms with Crippen molar-refractivity contribution >= 4 is 58.2 Å². The number of hydrogen-bond acceptors (Lipinski definition) is 4. The first kappa shape index (κ1) is 20.5. The predicted molar refractivity (Wildman–Crippen MR) is 123 cm³/mol. The van der Waals surface area contributed by atoms with E-state index in [-0.39, 0.29) is 5.02 Å². The summed E-state index contributed by atoms with van der Waals surface area (Å²) in [7, 11) is 1.77. The molecule has 30 heavy (non-hydrogen) atoms. The molecule has 4 nitrogen and oxygen atoms in total. The molecule has 0 spiro atoms. The van der Waals surface area contributed by atoms with Crippen LogP contribution >= 0.6 is 35.0 Å². The minimum atomic E-state index is -0.436. The van der Waals surface area contributed by atoms with Crippen LogP contribution in [0.1, 0.15) is 0 Å². The minimum Gasteiger partial charge on any atom is -0.339 e. The second kappa shape index (κ2) is 8.56. The van der Waals surface area contributed by atoms with Gasteiger partial charge >= 0.3 is 0 Å². The van der Waals surface area contributed by atoms with Gasteiger partial charge in [0.1, 0.15) is 10.6 Å². The number of amides is 2. The van der Waals surface area contributed by atoms with Crippen molar-refractivity contribution in [2.45, 2.75) is 4.90 Å². The van der Waals surface area contributed by atoms with Gasteiger partial charge < -0.3 is 4.90 Å². The molecule has 0 aliphatic carbocycles. The third kappa shape index (κ3) is 3.84. The topological polar surface area (TPSA) is 40.6 Å². The molecule has 0 aromatic heterocycles. The quantitative estimate of drug-likeness (QED) is 0.442. The lowest BCUT2D eigenvalue weighted by Gasteiger charge is -2.21. The van der Waals surface area contributed by atoms with Crippen LogP contribution in [0.3, 0.4) is 0 Å². The monoisotopic (exact) mass is 454 g/mol. The molecule has 2 amide bonds. The Bertz CT molecular complexity index is 1150. The van der Waals surface area contributed by atoms with E-state index in [0.29, 0.717) is 21.3 Å². The number of para-hydroxylation sites is 1. The third-order valence-corrected chi connectivity index (χ3v) is 6.23. The molecule has 0 unspecified atom stereocenters. The number of imide groups is 1. The van der Waals surface area contributed by atoms with Gasteiger partial charge in [0.15, 0.2) is 0 Å². The van der Waals surface area contributed by atoms with Gasteiger partial charge in [-0.25, -0.2) is 4.90 Å². The lowest BCUT2D eigenvalue weighted by Crippen LogP contribution is -2.34. The molecule has 0 N–H and O–H groups in total. The number of halogens is 2. The number of thioether (sulfide) groups is 1. The van der Waals surface area contributed by atoms with Gasteiger partial charge in [-0.3, -0.25) is 9.59 Å². The largest absolute Gasteiger partial charge is 0.339 e. The zero-order valence-electron chi connectivity index (χ0n) is 15.9. The molecule has 0 bridgehead atoms. The first-order valence-corrected chi connectivity index (χ1v) is 10.6. The number of benzene rings is 3. The highest BCUT2D eigenvalue weighted by Gasteiger charge is 2.42. The van der Waals surface area contributed by atoms with Gasteiger partial charge in [-0.05, 0) is 42.5 Å². The van der Waals surface area contributed by atoms with E-state index < -0.39 is 11.8 Å². The van der Waals surface area contributed by atoms with Crippen molar-refractivity contribution in [2.75, 3.05) is 16.8 Å². The number of anilines is 2. The second-order valence-electron chi connectivity index (χ2n) is 6.53. The van der Waals surface area contributed by atoms with Crippen molar-refractivity contribution in [3.63, 3.8) is 0 Å². The minimum absolute atomic E-state index is 0.233. The van der Waals surface area contributed by atoms with Crippen molar-refractivity contribution in [2.24, 2.45) is 0 Å². The highest BCUT2D eigenvalue weighted by Crippen LogP contribution is 2.41. The summed E-state index contributed by atoms with van der Waals surface area (Å²) < 4.78 is 0. The molecule has 4 rings (SSSR count). The number of likely N-dealkylation sites (N-methyl/N-ethyl adjacent to an activating group) is 1. The normalized spacial score (nSPS) is 13.9. The number of carbonyl (C=O) groups is 2. The summed E-state index contributed by atoms with van der Waals surface area (Å²) in [5.74, 6) is -0.857. The molecule has 3 aromatic carbocycles. The Balaban J connectivity index is 1.82. The fraction of sp³-hybridized carbons (Fsp3) is 0.0435. The van der Waals surface area contributed by atoms with Crippen molar-refractivity contribution in [1.82, 2.24) is 0 Å². The molecule has 0 radical (unpaired) electrons. The molecule has 150 valence electrons. The van der Waals surface area contributed by atoms with E-state index in [1.165, 1.54) is 17.8 Å². The standard InChI is InChI=1S/C23H16Cl2N2O2S/c1-26(16-8-4-2-5-9-16)20-21(30-17-10-6-3-7-11-17)23(29)27(22(20)28)19-13-12-15(24)14-18(19)25/h2-14H,1H3. The maximum Gasteiger partial charge on any atom is 0.283 e. The Morgan fingerprint density at radius 3 is 2.10 bits per heavy atom. The Hall–Kier alpha value is -2.73. The summed E-state index contributed by atoms with van der Waals surface area (Å²) in [5, 5.41) is 0.660. The van der Waals surface area contributed by atoms with E-state index in [4.69, 9.17) is 23.2 Å². The number of carbonyl (C=O) groups excluding carboxylic acids is 2. The van der Waals surface area contributed by atoms with Gasteiger partial charge in [-0.1, -0.05) is 71.4 Å². The van der Waals surface area contributed by atoms with Crippen LogP contribution in [0.25, 0.3) is 0 Å². The van der Waals surface area contributed by atoms with Crippen LogP contribution < -0.4 is 9.80 Å². The summed E-state index contributed by atoms with van der Waals surface area (Å²) in [6.07, 6.45) is 0. The first-order valence-electron chi connectivity index (χ1n) is 9.07. The lowest BCUT2D eigenvalue weighted by atomic mass is 10.2. The molecule has 0 fully saturated rings. The fourth-order valence-corrected chi connectivity index (χ4v) is 4.68. The van der Waals surface area contributed by atoms with Gasteiger partial charge in [0.25, 0.3) is 11.8 Å². The lowest BCUT2D eigenvalue weighted by molar-refractivity contribution is -0.120. The van der Waals surface area contributed by atoms with Gasteiger partial charge in [0.05, 0.1) is 10.7 Å². The van der Waals surface area contributed by atoms with E-state index in [1.54, 1.807) is 24.1 Å². The Kier molecular flexibility index (Phi) is 5.86. The van der Waals surface area contributed by atoms with Crippen molar-refractivity contribution in [3.8, 4) is 0 Å². The van der Waals surface area contributed by atoms with Crippen molar-refractivity contribution in [1.29, 1.82) is 0 Å². The van der Waals surface area contributed by atoms with Crippen LogP contribution in [-0.4, -0.2) is 18.9 Å². The van der Waals surface area contributed by atoms with Gasteiger partial charge in [-0.2, -0.15) is 0 Å². The van der Waals surface area contributed by atoms with Crippen LogP contribution in [0, 0.1) is 0 Å². The third-order valence-electron chi connectivity index (χ3n) is 4.61. The number of rotatable bonds is 5. The predicted octanol–water partition coefficient (Wildman–Crippen LogP) is 6.01. The summed E-state index contributed by atoms with van der Waals surface area (Å²) in [6.45, 7) is 0. The molecule has 0 saturated carbocycles. The number of nitrogens with zero attached hydrogens (tertiary/aromatic N) is 2. The van der Waals surface area contributed by atoms with E-state index in [0.717, 1.165) is 15.5 Å². The van der Waals surface area contributed by atoms with E-state index in [2.05, 4.69) is 0 Å². The molecule has 3 aromatic rings. The Labute approximate surface area is 188 Å². The highest BCUT2D eigenvalue weighted by atomic mass is 35.5. The average molecular weight is 455 g/mol. The van der Waals surface area contributed by atoms with Crippen LogP contribution in [0.5, 0.6) is 0 Å². The Morgan fingerprint density at radius 2 is 1.47 bits per heavy atom. The van der Waals surface area contributed by atoms with E-state index in [9.17, 15) is 9.59 Å².